The van der Waals surface area contributed by atoms with Crippen molar-refractivity contribution in [2.45, 2.75) is 19.8 Å². The second kappa shape index (κ2) is 3.05. The highest BCUT2D eigenvalue weighted by atomic mass is 16.3. The van der Waals surface area contributed by atoms with E-state index >= 15 is 0 Å². The van der Waals surface area contributed by atoms with E-state index in [0.717, 1.165) is 10.9 Å². The largest absolute Gasteiger partial charge is 0.507 e. The standard InChI is InChI=1S/C12H15NO/c1-8(2)9-7-13(3)10-5-4-6-11(14)12(9)10/h4-8,14H,1-3H3. The van der Waals surface area contributed by atoms with Crippen LogP contribution in [-0.4, -0.2) is 9.67 Å². The summed E-state index contributed by atoms with van der Waals surface area (Å²) in [5.41, 5.74) is 2.30. The first-order valence-electron chi connectivity index (χ1n) is 4.88. The number of phenolic OH excluding ortho intramolecular Hbond substituents is 1. The molecule has 1 N–H and O–H groups in total. The van der Waals surface area contributed by atoms with E-state index in [2.05, 4.69) is 24.6 Å². The second-order valence-electron chi connectivity index (χ2n) is 4.02. The summed E-state index contributed by atoms with van der Waals surface area (Å²) >= 11 is 0. The molecule has 0 spiro atoms. The molecule has 1 aromatic carbocycles. The van der Waals surface area contributed by atoms with Crippen LogP contribution in [0.2, 0.25) is 0 Å². The average Bonchev–Trinajstić information content (AvgIpc) is 2.46. The molecule has 1 heterocycles. The zero-order valence-corrected chi connectivity index (χ0v) is 8.78. The van der Waals surface area contributed by atoms with Crippen LogP contribution in [-0.2, 0) is 7.05 Å². The lowest BCUT2D eigenvalue weighted by Gasteiger charge is -2.03. The van der Waals surface area contributed by atoms with Crippen molar-refractivity contribution in [3.63, 3.8) is 0 Å². The molecule has 1 aromatic heterocycles. The number of aromatic nitrogens is 1. The molecule has 0 atom stereocenters. The summed E-state index contributed by atoms with van der Waals surface area (Å²) in [5, 5.41) is 10.8. The van der Waals surface area contributed by atoms with Gasteiger partial charge in [0.2, 0.25) is 0 Å². The predicted molar refractivity (Wildman–Crippen MR) is 58.7 cm³/mol. The minimum absolute atomic E-state index is 0.381. The quantitative estimate of drug-likeness (QED) is 0.733. The van der Waals surface area contributed by atoms with Gasteiger partial charge in [0, 0.05) is 18.6 Å². The molecular formula is C12H15NO. The molecule has 0 bridgehead atoms. The number of phenols is 1. The highest BCUT2D eigenvalue weighted by Crippen LogP contribution is 2.33. The van der Waals surface area contributed by atoms with E-state index in [1.807, 2.05) is 19.2 Å². The zero-order chi connectivity index (χ0) is 10.3. The Balaban J connectivity index is 2.86. The maximum atomic E-state index is 9.80. The first-order chi connectivity index (χ1) is 6.61. The van der Waals surface area contributed by atoms with Crippen LogP contribution in [0.1, 0.15) is 25.3 Å². The van der Waals surface area contributed by atoms with E-state index in [4.69, 9.17) is 0 Å². The summed E-state index contributed by atoms with van der Waals surface area (Å²) in [4.78, 5) is 0. The molecule has 2 nitrogen and oxygen atoms in total. The molecule has 0 fully saturated rings. The van der Waals surface area contributed by atoms with Crippen molar-refractivity contribution >= 4 is 10.9 Å². The SMILES string of the molecule is CC(C)c1cn(C)c2cccc(O)c12. The van der Waals surface area contributed by atoms with E-state index in [9.17, 15) is 5.11 Å². The van der Waals surface area contributed by atoms with Crippen molar-refractivity contribution in [2.24, 2.45) is 7.05 Å². The van der Waals surface area contributed by atoms with Gasteiger partial charge in [-0.05, 0) is 23.6 Å². The Morgan fingerprint density at radius 2 is 2.00 bits per heavy atom. The van der Waals surface area contributed by atoms with Gasteiger partial charge in [-0.2, -0.15) is 0 Å². The summed E-state index contributed by atoms with van der Waals surface area (Å²) in [5.74, 6) is 0.818. The van der Waals surface area contributed by atoms with Gasteiger partial charge in [-0.1, -0.05) is 19.9 Å². The third-order valence-electron chi connectivity index (χ3n) is 2.64. The normalized spacial score (nSPS) is 11.4. The number of hydrogen-bond acceptors (Lipinski definition) is 1. The summed E-state index contributed by atoms with van der Waals surface area (Å²) in [6.45, 7) is 4.28. The molecule has 74 valence electrons. The van der Waals surface area contributed by atoms with E-state index in [-0.39, 0.29) is 0 Å². The maximum absolute atomic E-state index is 9.80. The number of aryl methyl sites for hydroxylation is 1. The molecule has 0 aliphatic heterocycles. The summed E-state index contributed by atoms with van der Waals surface area (Å²) in [7, 11) is 2.01. The van der Waals surface area contributed by atoms with Gasteiger partial charge >= 0.3 is 0 Å². The molecular weight excluding hydrogens is 174 g/mol. The summed E-state index contributed by atoms with van der Waals surface area (Å²) < 4.78 is 2.06. The van der Waals surface area contributed by atoms with Gasteiger partial charge in [0.15, 0.2) is 0 Å². The summed E-state index contributed by atoms with van der Waals surface area (Å²) in [6, 6.07) is 5.65. The van der Waals surface area contributed by atoms with Gasteiger partial charge in [-0.15, -0.1) is 0 Å². The lowest BCUT2D eigenvalue weighted by Crippen LogP contribution is -1.84. The fourth-order valence-corrected chi connectivity index (χ4v) is 1.90. The first-order valence-corrected chi connectivity index (χ1v) is 4.88. The van der Waals surface area contributed by atoms with Gasteiger partial charge in [0.25, 0.3) is 0 Å². The monoisotopic (exact) mass is 189 g/mol. The van der Waals surface area contributed by atoms with Crippen molar-refractivity contribution in [2.75, 3.05) is 0 Å². The van der Waals surface area contributed by atoms with Crippen LogP contribution in [0.15, 0.2) is 24.4 Å². The van der Waals surface area contributed by atoms with Crippen LogP contribution < -0.4 is 0 Å². The van der Waals surface area contributed by atoms with Gasteiger partial charge < -0.3 is 9.67 Å². The smallest absolute Gasteiger partial charge is 0.125 e. The van der Waals surface area contributed by atoms with Gasteiger partial charge in [-0.25, -0.2) is 0 Å². The number of fused-ring (bicyclic) bond motifs is 1. The molecule has 0 saturated heterocycles. The number of nitrogens with zero attached hydrogens (tertiary/aromatic N) is 1. The van der Waals surface area contributed by atoms with E-state index in [0.29, 0.717) is 11.7 Å². The molecule has 2 heteroatoms. The molecule has 0 radical (unpaired) electrons. The minimum Gasteiger partial charge on any atom is -0.507 e. The first kappa shape index (κ1) is 9.13. The van der Waals surface area contributed by atoms with E-state index < -0.39 is 0 Å². The molecule has 0 amide bonds. The van der Waals surface area contributed by atoms with Gasteiger partial charge in [0.1, 0.15) is 5.75 Å². The van der Waals surface area contributed by atoms with Crippen molar-refractivity contribution < 1.29 is 5.11 Å². The lowest BCUT2D eigenvalue weighted by atomic mass is 10.0. The van der Waals surface area contributed by atoms with E-state index in [1.165, 1.54) is 5.56 Å². The molecule has 0 unspecified atom stereocenters. The number of hydrogen-bond donors (Lipinski definition) is 1. The maximum Gasteiger partial charge on any atom is 0.125 e. The average molecular weight is 189 g/mol. The third kappa shape index (κ3) is 1.18. The predicted octanol–water partition coefficient (Wildman–Crippen LogP) is 3.01. The van der Waals surface area contributed by atoms with Crippen molar-refractivity contribution in [3.05, 3.63) is 30.0 Å². The highest BCUT2D eigenvalue weighted by molar-refractivity contribution is 5.90. The number of aromatic hydroxyl groups is 1. The minimum atomic E-state index is 0.381. The zero-order valence-electron chi connectivity index (χ0n) is 8.78. The second-order valence-corrected chi connectivity index (χ2v) is 4.02. The lowest BCUT2D eigenvalue weighted by molar-refractivity contribution is 0.481. The Morgan fingerprint density at radius 1 is 1.29 bits per heavy atom. The molecule has 0 aliphatic carbocycles. The highest BCUT2D eigenvalue weighted by Gasteiger charge is 2.12. The topological polar surface area (TPSA) is 25.2 Å². The number of rotatable bonds is 1. The van der Waals surface area contributed by atoms with Gasteiger partial charge in [-0.3, -0.25) is 0 Å². The Hall–Kier alpha value is -1.44. The summed E-state index contributed by atoms with van der Waals surface area (Å²) in [6.07, 6.45) is 2.09. The van der Waals surface area contributed by atoms with Crippen LogP contribution in [0, 0.1) is 0 Å². The third-order valence-corrected chi connectivity index (χ3v) is 2.64. The Labute approximate surface area is 83.8 Å². The van der Waals surface area contributed by atoms with Crippen LogP contribution in [0.3, 0.4) is 0 Å². The number of benzene rings is 1. The van der Waals surface area contributed by atoms with Crippen molar-refractivity contribution in [1.29, 1.82) is 0 Å². The molecule has 2 aromatic rings. The fraction of sp³-hybridized carbons (Fsp3) is 0.333. The van der Waals surface area contributed by atoms with Gasteiger partial charge in [0.05, 0.1) is 5.52 Å². The molecule has 14 heavy (non-hydrogen) atoms. The molecule has 2 rings (SSSR count). The van der Waals surface area contributed by atoms with Crippen molar-refractivity contribution in [3.8, 4) is 5.75 Å². The van der Waals surface area contributed by atoms with Crippen LogP contribution >= 0.6 is 0 Å². The van der Waals surface area contributed by atoms with Crippen molar-refractivity contribution in [1.82, 2.24) is 4.57 Å². The Bertz CT molecular complexity index is 468. The van der Waals surface area contributed by atoms with Crippen LogP contribution in [0.5, 0.6) is 5.75 Å². The van der Waals surface area contributed by atoms with Crippen LogP contribution in [0.4, 0.5) is 0 Å². The molecule has 0 aliphatic rings. The fourth-order valence-electron chi connectivity index (χ4n) is 1.90. The Kier molecular flexibility index (Phi) is 1.99. The van der Waals surface area contributed by atoms with E-state index in [1.54, 1.807) is 6.07 Å². The Morgan fingerprint density at radius 3 is 2.64 bits per heavy atom. The molecule has 0 saturated carbocycles. The van der Waals surface area contributed by atoms with Crippen LogP contribution in [0.25, 0.3) is 10.9 Å².